The molecule has 1 amide bonds. The maximum atomic E-state index is 12.4. The molecule has 0 bridgehead atoms. The van der Waals surface area contributed by atoms with Crippen LogP contribution in [0.1, 0.15) is 30.4 Å². The lowest BCUT2D eigenvalue weighted by Crippen LogP contribution is -2.47. The Bertz CT molecular complexity index is 436. The lowest BCUT2D eigenvalue weighted by Gasteiger charge is -2.27. The molecule has 0 aromatic heterocycles. The second-order valence-corrected chi connectivity index (χ2v) is 5.17. The van der Waals surface area contributed by atoms with Crippen molar-refractivity contribution in [3.63, 3.8) is 0 Å². The quantitative estimate of drug-likeness (QED) is 0.869. The van der Waals surface area contributed by atoms with Gasteiger partial charge in [-0.3, -0.25) is 4.79 Å². The number of nitrogens with zero attached hydrogens (tertiary/aromatic N) is 1. The van der Waals surface area contributed by atoms with Crippen molar-refractivity contribution in [1.82, 2.24) is 5.32 Å². The summed E-state index contributed by atoms with van der Waals surface area (Å²) in [6.07, 6.45) is 3.27. The van der Waals surface area contributed by atoms with Crippen molar-refractivity contribution in [2.45, 2.75) is 39.2 Å². The fourth-order valence-electron chi connectivity index (χ4n) is 2.36. The van der Waals surface area contributed by atoms with Gasteiger partial charge in [-0.1, -0.05) is 12.5 Å². The Kier molecular flexibility index (Phi) is 4.02. The van der Waals surface area contributed by atoms with Gasteiger partial charge in [-0.25, -0.2) is 0 Å². The van der Waals surface area contributed by atoms with Crippen LogP contribution in [-0.4, -0.2) is 25.5 Å². The smallest absolute Gasteiger partial charge is 0.243 e. The van der Waals surface area contributed by atoms with Gasteiger partial charge in [0.15, 0.2) is 0 Å². The first kappa shape index (κ1) is 13.1. The second-order valence-electron chi connectivity index (χ2n) is 5.17. The molecule has 0 radical (unpaired) electrons. The number of likely N-dealkylation sites (N-methyl/N-ethyl adjacent to an activating group) is 1. The Labute approximate surface area is 109 Å². The largest absolute Gasteiger partial charge is 0.314 e. The molecule has 1 aliphatic heterocycles. The number of anilines is 1. The third kappa shape index (κ3) is 2.72. The minimum atomic E-state index is -0.00893. The first-order valence-corrected chi connectivity index (χ1v) is 6.68. The first-order chi connectivity index (χ1) is 8.59. The molecule has 98 valence electrons. The molecular weight excluding hydrogens is 224 g/mol. The van der Waals surface area contributed by atoms with E-state index < -0.39 is 0 Å². The highest BCUT2D eigenvalue weighted by Gasteiger charge is 2.24. The summed E-state index contributed by atoms with van der Waals surface area (Å²) >= 11 is 0. The highest BCUT2D eigenvalue weighted by atomic mass is 16.2. The van der Waals surface area contributed by atoms with Crippen molar-refractivity contribution in [3.8, 4) is 0 Å². The van der Waals surface area contributed by atoms with E-state index in [1.165, 1.54) is 17.5 Å². The van der Waals surface area contributed by atoms with Crippen molar-refractivity contribution in [2.24, 2.45) is 0 Å². The van der Waals surface area contributed by atoms with Crippen molar-refractivity contribution >= 4 is 11.6 Å². The fourth-order valence-corrected chi connectivity index (χ4v) is 2.36. The molecule has 1 aliphatic rings. The van der Waals surface area contributed by atoms with Crippen LogP contribution in [0.3, 0.4) is 0 Å². The topological polar surface area (TPSA) is 32.3 Å². The van der Waals surface area contributed by atoms with Crippen molar-refractivity contribution in [3.05, 3.63) is 29.3 Å². The van der Waals surface area contributed by atoms with E-state index in [2.05, 4.69) is 31.3 Å². The number of carbonyl (C=O) groups is 1. The molecule has 1 aromatic carbocycles. The van der Waals surface area contributed by atoms with E-state index in [1.54, 1.807) is 4.90 Å². The first-order valence-electron chi connectivity index (χ1n) is 6.68. The lowest BCUT2D eigenvalue weighted by atomic mass is 10.0. The van der Waals surface area contributed by atoms with E-state index in [0.717, 1.165) is 25.1 Å². The molecule has 3 heteroatoms. The van der Waals surface area contributed by atoms with Crippen LogP contribution >= 0.6 is 0 Å². The third-order valence-corrected chi connectivity index (χ3v) is 3.82. The van der Waals surface area contributed by atoms with Gasteiger partial charge in [0, 0.05) is 12.7 Å². The zero-order chi connectivity index (χ0) is 13.1. The summed E-state index contributed by atoms with van der Waals surface area (Å²) in [5.74, 6) is 0.179. The summed E-state index contributed by atoms with van der Waals surface area (Å²) < 4.78 is 0. The number of amides is 1. The summed E-state index contributed by atoms with van der Waals surface area (Å²) in [6.45, 7) is 5.12. The van der Waals surface area contributed by atoms with E-state index in [1.807, 2.05) is 13.1 Å². The summed E-state index contributed by atoms with van der Waals surface area (Å²) in [4.78, 5) is 14.1. The molecule has 0 spiro atoms. The van der Waals surface area contributed by atoms with Crippen LogP contribution in [0.4, 0.5) is 5.69 Å². The second kappa shape index (κ2) is 5.53. The number of nitrogens with one attached hydrogen (secondary N) is 1. The van der Waals surface area contributed by atoms with Crippen molar-refractivity contribution in [1.29, 1.82) is 0 Å². The third-order valence-electron chi connectivity index (χ3n) is 3.82. The molecule has 18 heavy (non-hydrogen) atoms. The van der Waals surface area contributed by atoms with Gasteiger partial charge in [-0.2, -0.15) is 0 Å². The zero-order valence-electron chi connectivity index (χ0n) is 11.5. The number of carbonyl (C=O) groups excluding carboxylic acids is 1. The Morgan fingerprint density at radius 3 is 2.67 bits per heavy atom. The standard InChI is InChI=1S/C15H22N2O/c1-11-7-8-13(10-12(11)2)17(3)15(18)14-6-4-5-9-16-14/h7-8,10,14,16H,4-6,9H2,1-3H3. The average Bonchev–Trinajstić information content (AvgIpc) is 2.41. The highest BCUT2D eigenvalue weighted by Crippen LogP contribution is 2.19. The predicted octanol–water partition coefficient (Wildman–Crippen LogP) is 2.41. The van der Waals surface area contributed by atoms with Gasteiger partial charge in [-0.15, -0.1) is 0 Å². The monoisotopic (exact) mass is 246 g/mol. The van der Waals surface area contributed by atoms with Crippen LogP contribution < -0.4 is 10.2 Å². The molecule has 2 rings (SSSR count). The summed E-state index contributed by atoms with van der Waals surface area (Å²) in [5.41, 5.74) is 3.47. The maximum absolute atomic E-state index is 12.4. The van der Waals surface area contributed by atoms with E-state index in [-0.39, 0.29) is 11.9 Å². The molecule has 1 fully saturated rings. The van der Waals surface area contributed by atoms with E-state index in [9.17, 15) is 4.79 Å². The highest BCUT2D eigenvalue weighted by molar-refractivity contribution is 5.96. The van der Waals surface area contributed by atoms with Crippen molar-refractivity contribution in [2.75, 3.05) is 18.5 Å². The van der Waals surface area contributed by atoms with Crippen molar-refractivity contribution < 1.29 is 4.79 Å². The van der Waals surface area contributed by atoms with Crippen LogP contribution in [0.5, 0.6) is 0 Å². The fraction of sp³-hybridized carbons (Fsp3) is 0.533. The number of hydrogen-bond donors (Lipinski definition) is 1. The number of rotatable bonds is 2. The van der Waals surface area contributed by atoms with Gasteiger partial charge in [0.25, 0.3) is 0 Å². The van der Waals surface area contributed by atoms with Crippen LogP contribution in [0, 0.1) is 13.8 Å². The SMILES string of the molecule is Cc1ccc(N(C)C(=O)C2CCCCN2)cc1C. The number of piperidine rings is 1. The number of benzene rings is 1. The Hall–Kier alpha value is -1.35. The molecular formula is C15H22N2O. The van der Waals surface area contributed by atoms with Gasteiger partial charge >= 0.3 is 0 Å². The molecule has 0 aliphatic carbocycles. The summed E-state index contributed by atoms with van der Waals surface area (Å²) in [6, 6.07) is 6.16. The molecule has 1 heterocycles. The van der Waals surface area contributed by atoms with Gasteiger partial charge in [0.1, 0.15) is 0 Å². The Balaban J connectivity index is 2.11. The molecule has 3 nitrogen and oxygen atoms in total. The lowest BCUT2D eigenvalue weighted by molar-refractivity contribution is -0.120. The van der Waals surface area contributed by atoms with Gasteiger partial charge in [0.05, 0.1) is 6.04 Å². The molecule has 1 atom stereocenters. The maximum Gasteiger partial charge on any atom is 0.243 e. The van der Waals surface area contributed by atoms with Crippen LogP contribution in [-0.2, 0) is 4.79 Å². The zero-order valence-corrected chi connectivity index (χ0v) is 11.5. The van der Waals surface area contributed by atoms with E-state index in [0.29, 0.717) is 0 Å². The molecule has 1 N–H and O–H groups in total. The molecule has 1 saturated heterocycles. The average molecular weight is 246 g/mol. The van der Waals surface area contributed by atoms with Crippen LogP contribution in [0.15, 0.2) is 18.2 Å². The minimum absolute atomic E-state index is 0.00893. The minimum Gasteiger partial charge on any atom is -0.314 e. The molecule has 1 aromatic rings. The summed E-state index contributed by atoms with van der Waals surface area (Å²) in [7, 11) is 1.86. The Morgan fingerprint density at radius 1 is 1.28 bits per heavy atom. The predicted molar refractivity (Wildman–Crippen MR) is 75.0 cm³/mol. The normalized spacial score (nSPS) is 19.6. The molecule has 0 saturated carbocycles. The van der Waals surface area contributed by atoms with Gasteiger partial charge in [0.2, 0.25) is 5.91 Å². The van der Waals surface area contributed by atoms with Crippen LogP contribution in [0.25, 0.3) is 0 Å². The Morgan fingerprint density at radius 2 is 2.06 bits per heavy atom. The van der Waals surface area contributed by atoms with Crippen LogP contribution in [0.2, 0.25) is 0 Å². The number of hydrogen-bond acceptors (Lipinski definition) is 2. The van der Waals surface area contributed by atoms with Gasteiger partial charge < -0.3 is 10.2 Å². The molecule has 1 unspecified atom stereocenters. The number of aryl methyl sites for hydroxylation is 2. The van der Waals surface area contributed by atoms with Gasteiger partial charge in [-0.05, 0) is 56.5 Å². The summed E-state index contributed by atoms with van der Waals surface area (Å²) in [5, 5.41) is 3.30. The van der Waals surface area contributed by atoms with E-state index >= 15 is 0 Å². The van der Waals surface area contributed by atoms with E-state index in [4.69, 9.17) is 0 Å².